The highest BCUT2D eigenvalue weighted by atomic mass is 32.2. The molecule has 0 aliphatic heterocycles. The molecule has 0 fully saturated rings. The zero-order chi connectivity index (χ0) is 56.7. The topological polar surface area (TPSA) is 74.6 Å². The van der Waals surface area contributed by atoms with Gasteiger partial charge in [-0.1, -0.05) is 387 Å². The first-order valence-corrected chi connectivity index (χ1v) is 38.4. The molecule has 0 saturated heterocycles. The summed E-state index contributed by atoms with van der Waals surface area (Å²) in [6.45, 7) is 10.4. The lowest BCUT2D eigenvalue weighted by atomic mass is 10.0. The van der Waals surface area contributed by atoms with Gasteiger partial charge in [0.1, 0.15) is 18.4 Å². The fourth-order valence-corrected chi connectivity index (χ4v) is 13.6. The lowest BCUT2D eigenvalue weighted by Gasteiger charge is -2.40. The molecule has 6 heteroatoms. The van der Waals surface area contributed by atoms with Gasteiger partial charge in [-0.15, -0.1) is 0 Å². The summed E-state index contributed by atoms with van der Waals surface area (Å²) in [5, 5.41) is 11.2. The van der Waals surface area contributed by atoms with E-state index in [1.54, 1.807) is 0 Å². The Morgan fingerprint density at radius 3 is 0.500 bits per heavy atom. The maximum atomic E-state index is 12.0. The molecule has 0 aromatic carbocycles. The van der Waals surface area contributed by atoms with Crippen molar-refractivity contribution < 1.29 is 22.6 Å². The highest BCUT2D eigenvalue weighted by Crippen LogP contribution is 2.23. The summed E-state index contributed by atoms with van der Waals surface area (Å²) in [5.41, 5.74) is 0. The molecule has 0 aromatic rings. The number of nitrogens with zero attached hydrogens (tertiary/aromatic N) is 1. The van der Waals surface area contributed by atoms with E-state index in [1.165, 1.54) is 385 Å². The second-order valence-corrected chi connectivity index (χ2v) is 27.8. The van der Waals surface area contributed by atoms with Gasteiger partial charge in [0, 0.05) is 0 Å². The van der Waals surface area contributed by atoms with Gasteiger partial charge in [0.2, 0.25) is 0 Å². The van der Waals surface area contributed by atoms with Crippen LogP contribution in [0.5, 0.6) is 0 Å². The normalized spacial score (nSPS) is 12.6. The highest BCUT2D eigenvalue weighted by molar-refractivity contribution is 7.85. The lowest BCUT2D eigenvalue weighted by molar-refractivity contribution is -0.931. The molecule has 1 unspecified atom stereocenters. The van der Waals surface area contributed by atoms with Gasteiger partial charge in [-0.05, 0) is 38.5 Å². The van der Waals surface area contributed by atoms with Gasteiger partial charge in [-0.2, -0.15) is 8.42 Å². The Bertz CT molecular complexity index is 1100. The molecule has 5 nitrogen and oxygen atoms in total. The van der Waals surface area contributed by atoms with Crippen LogP contribution in [0.2, 0.25) is 0 Å². The molecule has 0 amide bonds. The van der Waals surface area contributed by atoms with E-state index in [0.717, 1.165) is 43.4 Å². The van der Waals surface area contributed by atoms with Gasteiger partial charge in [-0.3, -0.25) is 4.55 Å². The van der Waals surface area contributed by atoms with Gasteiger partial charge >= 0.3 is 0 Å². The van der Waals surface area contributed by atoms with Crippen LogP contribution in [0, 0.1) is 0 Å². The maximum absolute atomic E-state index is 12.0. The van der Waals surface area contributed by atoms with E-state index in [-0.39, 0.29) is 0 Å². The predicted octanol–water partition coefficient (Wildman–Crippen LogP) is 24.7. The van der Waals surface area contributed by atoms with Crippen molar-refractivity contribution >= 4 is 10.1 Å². The number of quaternary nitrogens is 1. The molecule has 1 atom stereocenters. The maximum Gasteiger partial charge on any atom is 0.267 e. The molecular weight excluding hydrogens is 975 g/mol. The molecule has 0 rings (SSSR count). The molecule has 0 spiro atoms. The molecule has 0 saturated carbocycles. The number of hydrogen-bond donors (Lipinski definition) is 2. The van der Waals surface area contributed by atoms with Crippen LogP contribution in [0.15, 0.2) is 0 Å². The summed E-state index contributed by atoms with van der Waals surface area (Å²) in [6, 6.07) is 0. The summed E-state index contributed by atoms with van der Waals surface area (Å²) >= 11 is 0. The molecular formula is C72H148NO4S+. The number of hydrogen-bond acceptors (Lipinski definition) is 3. The third-order valence-corrected chi connectivity index (χ3v) is 19.0. The summed E-state index contributed by atoms with van der Waals surface area (Å²) in [7, 11) is -4.22. The van der Waals surface area contributed by atoms with Crippen LogP contribution >= 0.6 is 0 Å². The highest BCUT2D eigenvalue weighted by Gasteiger charge is 2.31. The Morgan fingerprint density at radius 1 is 0.244 bits per heavy atom. The Hall–Kier alpha value is -0.170. The van der Waals surface area contributed by atoms with Crippen molar-refractivity contribution in [1.82, 2.24) is 0 Å². The SMILES string of the molecule is CCCCCCCCCCCCCCCCCCCCCCC[N+](CCCCCCCCCCCCCCCCCCCCCCC)(CCCCCCCCCCCCCCCCCCCCCCC)CC(O)CS(=O)(=O)O. The number of aliphatic hydroxyl groups excluding tert-OH is 1. The van der Waals surface area contributed by atoms with Crippen LogP contribution in [-0.2, 0) is 10.1 Å². The van der Waals surface area contributed by atoms with E-state index in [1.807, 2.05) is 0 Å². The molecule has 0 aliphatic carbocycles. The number of aliphatic hydroxyl groups is 1. The third kappa shape index (κ3) is 63.4. The first kappa shape index (κ1) is 77.8. The quantitative estimate of drug-likeness (QED) is 0.0362. The smallest absolute Gasteiger partial charge is 0.267 e. The monoisotopic (exact) mass is 1120 g/mol. The number of rotatable bonds is 70. The van der Waals surface area contributed by atoms with Crippen LogP contribution in [0.3, 0.4) is 0 Å². The molecule has 470 valence electrons. The largest absolute Gasteiger partial charge is 0.386 e. The Kier molecular flexibility index (Phi) is 64.3. The van der Waals surface area contributed by atoms with Crippen LogP contribution in [0.1, 0.15) is 425 Å². The average molecular weight is 1120 g/mol. The minimum atomic E-state index is -4.22. The predicted molar refractivity (Wildman–Crippen MR) is 350 cm³/mol. The third-order valence-electron chi connectivity index (χ3n) is 18.2. The average Bonchev–Trinajstić information content (AvgIpc) is 3.42. The van der Waals surface area contributed by atoms with Crippen molar-refractivity contribution in [2.45, 2.75) is 431 Å². The molecule has 0 bridgehead atoms. The molecule has 0 heterocycles. The van der Waals surface area contributed by atoms with Crippen molar-refractivity contribution in [2.75, 3.05) is 31.9 Å². The first-order chi connectivity index (χ1) is 38.3. The van der Waals surface area contributed by atoms with E-state index in [2.05, 4.69) is 20.8 Å². The van der Waals surface area contributed by atoms with E-state index in [9.17, 15) is 18.1 Å². The zero-order valence-corrected chi connectivity index (χ0v) is 55.0. The fourth-order valence-electron chi connectivity index (χ4n) is 13.0. The zero-order valence-electron chi connectivity index (χ0n) is 54.2. The Labute approximate surface area is 493 Å². The van der Waals surface area contributed by atoms with Crippen molar-refractivity contribution in [3.63, 3.8) is 0 Å². The van der Waals surface area contributed by atoms with Crippen LogP contribution < -0.4 is 0 Å². The number of unbranched alkanes of at least 4 members (excludes halogenated alkanes) is 60. The molecule has 78 heavy (non-hydrogen) atoms. The van der Waals surface area contributed by atoms with Crippen molar-refractivity contribution in [2.24, 2.45) is 0 Å². The van der Waals surface area contributed by atoms with E-state index in [4.69, 9.17) is 0 Å². The Morgan fingerprint density at radius 2 is 0.372 bits per heavy atom. The first-order valence-electron chi connectivity index (χ1n) is 36.8. The summed E-state index contributed by atoms with van der Waals surface area (Å²) in [4.78, 5) is 0. The summed E-state index contributed by atoms with van der Waals surface area (Å²) < 4.78 is 34.6. The van der Waals surface area contributed by atoms with Crippen molar-refractivity contribution in [3.05, 3.63) is 0 Å². The second-order valence-electron chi connectivity index (χ2n) is 26.3. The molecule has 0 radical (unpaired) electrons. The van der Waals surface area contributed by atoms with Gasteiger partial charge < -0.3 is 9.59 Å². The summed E-state index contributed by atoms with van der Waals surface area (Å²) in [5.74, 6) is -0.537. The van der Waals surface area contributed by atoms with Crippen LogP contribution in [0.25, 0.3) is 0 Å². The van der Waals surface area contributed by atoms with Crippen molar-refractivity contribution in [3.8, 4) is 0 Å². The lowest BCUT2D eigenvalue weighted by Crippen LogP contribution is -2.55. The van der Waals surface area contributed by atoms with Gasteiger partial charge in [0.15, 0.2) is 0 Å². The standard InChI is InChI=1S/C72H147NO4S/c1-4-7-10-13-16-19-22-25-28-31-34-37-40-43-46-49-52-55-58-61-64-67-73(70-72(74)71-78(75,76)77,68-65-62-59-56-53-50-47-44-41-38-35-32-29-26-23-20-17-14-11-8-5-2)69-66-63-60-57-54-51-48-45-42-39-36-33-30-27-24-21-18-15-12-9-6-3/h72,74H,4-71H2,1-3H3/p+1. The summed E-state index contributed by atoms with van der Waals surface area (Å²) in [6.07, 6.45) is 86.3. The van der Waals surface area contributed by atoms with E-state index >= 15 is 0 Å². The Balaban J connectivity index is 4.69. The van der Waals surface area contributed by atoms with Crippen LogP contribution in [-0.4, -0.2) is 60.6 Å². The second kappa shape index (κ2) is 64.4. The van der Waals surface area contributed by atoms with Gasteiger partial charge in [0.05, 0.1) is 19.6 Å². The molecule has 0 aromatic heterocycles. The van der Waals surface area contributed by atoms with Gasteiger partial charge in [-0.25, -0.2) is 0 Å². The minimum absolute atomic E-state index is 0.456. The van der Waals surface area contributed by atoms with Crippen LogP contribution in [0.4, 0.5) is 0 Å². The van der Waals surface area contributed by atoms with E-state index in [0.29, 0.717) is 6.54 Å². The molecule has 2 N–H and O–H groups in total. The van der Waals surface area contributed by atoms with Crippen molar-refractivity contribution in [1.29, 1.82) is 0 Å². The fraction of sp³-hybridized carbons (Fsp3) is 1.00. The minimum Gasteiger partial charge on any atom is -0.386 e. The molecule has 0 aliphatic rings. The van der Waals surface area contributed by atoms with Gasteiger partial charge in [0.25, 0.3) is 10.1 Å². The van der Waals surface area contributed by atoms with E-state index < -0.39 is 22.0 Å².